The molecule has 1 aliphatic carbocycles. The van der Waals surface area contributed by atoms with Gasteiger partial charge in [-0.15, -0.1) is 23.1 Å². The van der Waals surface area contributed by atoms with Crippen LogP contribution in [0.25, 0.3) is 0 Å². The first kappa shape index (κ1) is 27.3. The van der Waals surface area contributed by atoms with Gasteiger partial charge in [0.05, 0.1) is 23.4 Å². The third kappa shape index (κ3) is 7.66. The normalized spacial score (nSPS) is 17.9. The predicted molar refractivity (Wildman–Crippen MR) is 146 cm³/mol. The molecule has 1 aromatic carbocycles. The largest absolute Gasteiger partial charge is 0.480 e. The number of nitrogens with zero attached hydrogens (tertiary/aromatic N) is 4. The molecule has 1 N–H and O–H groups in total. The molecule has 0 radical (unpaired) electrons. The van der Waals surface area contributed by atoms with Crippen LogP contribution in [0, 0.1) is 6.92 Å². The fourth-order valence-electron chi connectivity index (χ4n) is 4.24. The van der Waals surface area contributed by atoms with Gasteiger partial charge in [0.25, 0.3) is 0 Å². The minimum absolute atomic E-state index is 0.129. The van der Waals surface area contributed by atoms with E-state index >= 15 is 0 Å². The number of hydrogen-bond acceptors (Lipinski definition) is 9. The van der Waals surface area contributed by atoms with E-state index in [0.29, 0.717) is 25.1 Å². The van der Waals surface area contributed by atoms with E-state index in [0.717, 1.165) is 52.7 Å². The molecule has 0 aliphatic heterocycles. The van der Waals surface area contributed by atoms with Crippen LogP contribution >= 0.6 is 23.1 Å². The van der Waals surface area contributed by atoms with Gasteiger partial charge in [0.2, 0.25) is 5.88 Å². The number of thioether (sulfide) groups is 1. The molecule has 37 heavy (non-hydrogen) atoms. The second-order valence-corrected chi connectivity index (χ2v) is 12.5. The van der Waals surface area contributed by atoms with Crippen LogP contribution in [0.5, 0.6) is 5.88 Å². The number of carboxylic acids is 1. The summed E-state index contributed by atoms with van der Waals surface area (Å²) in [5, 5.41) is 12.5. The van der Waals surface area contributed by atoms with E-state index in [4.69, 9.17) is 9.47 Å². The highest BCUT2D eigenvalue weighted by Crippen LogP contribution is 2.33. The monoisotopic (exact) mass is 542 g/mol. The molecule has 0 unspecified atom stereocenters. The van der Waals surface area contributed by atoms with Gasteiger partial charge < -0.3 is 19.5 Å². The second-order valence-electron chi connectivity index (χ2n) is 9.74. The summed E-state index contributed by atoms with van der Waals surface area (Å²) in [6, 6.07) is 9.92. The lowest BCUT2D eigenvalue weighted by atomic mass is 9.95. The minimum atomic E-state index is -0.893. The molecule has 2 heterocycles. The first-order valence-electron chi connectivity index (χ1n) is 12.4. The molecule has 0 saturated heterocycles. The van der Waals surface area contributed by atoms with Crippen molar-refractivity contribution in [2.45, 2.75) is 81.4 Å². The molecule has 198 valence electrons. The maximum Gasteiger partial charge on any atom is 0.319 e. The Kier molecular flexibility index (Phi) is 9.04. The van der Waals surface area contributed by atoms with Crippen molar-refractivity contribution < 1.29 is 19.4 Å². The summed E-state index contributed by atoms with van der Waals surface area (Å²) in [5.41, 5.74) is 2.07. The highest BCUT2D eigenvalue weighted by atomic mass is 32.2. The molecule has 2 aromatic heterocycles. The summed E-state index contributed by atoms with van der Waals surface area (Å²) in [6.45, 7) is 6.64. The van der Waals surface area contributed by atoms with E-state index in [1.54, 1.807) is 38.6 Å². The van der Waals surface area contributed by atoms with E-state index in [1.165, 1.54) is 11.8 Å². The van der Waals surface area contributed by atoms with Gasteiger partial charge in [0.1, 0.15) is 23.0 Å². The summed E-state index contributed by atoms with van der Waals surface area (Å²) < 4.78 is 10.8. The van der Waals surface area contributed by atoms with E-state index < -0.39 is 10.7 Å². The van der Waals surface area contributed by atoms with Crippen LogP contribution in [0.2, 0.25) is 0 Å². The number of methoxy groups -OCH3 is 1. The third-order valence-electron chi connectivity index (χ3n) is 6.40. The topological polar surface area (TPSA) is 97.7 Å². The van der Waals surface area contributed by atoms with Crippen LogP contribution in [0.1, 0.15) is 55.8 Å². The standard InChI is InChI=1S/C27H34N4O4S2/c1-18-30-20(16-36-18)15-31(14-19-5-11-23(12-6-19)37-27(2,3)26(32)33)24-13-25(29-17-28-24)35-22-9-7-21(34-4)8-10-22/h5-6,11-13,16-17,21-22H,7-10,14-15H2,1-4H3,(H,32,33)/t21-,22-. The number of aromatic nitrogens is 3. The van der Waals surface area contributed by atoms with Gasteiger partial charge >= 0.3 is 5.97 Å². The highest BCUT2D eigenvalue weighted by Gasteiger charge is 2.28. The van der Waals surface area contributed by atoms with Gasteiger partial charge in [-0.25, -0.2) is 15.0 Å². The van der Waals surface area contributed by atoms with Crippen molar-refractivity contribution in [3.05, 3.63) is 58.3 Å². The van der Waals surface area contributed by atoms with Gasteiger partial charge in [-0.3, -0.25) is 4.79 Å². The fraction of sp³-hybridized carbons (Fsp3) is 0.481. The molecule has 0 atom stereocenters. The summed E-state index contributed by atoms with van der Waals surface area (Å²) in [6.07, 6.45) is 5.88. The number of thiazole rings is 1. The third-order valence-corrected chi connectivity index (χ3v) is 8.41. The van der Waals surface area contributed by atoms with Crippen LogP contribution in [-0.2, 0) is 22.6 Å². The molecule has 1 aliphatic rings. The van der Waals surface area contributed by atoms with Crippen LogP contribution in [0.3, 0.4) is 0 Å². The number of rotatable bonds is 11. The Balaban J connectivity index is 1.50. The molecular formula is C27H34N4O4S2. The zero-order valence-electron chi connectivity index (χ0n) is 21.7. The molecule has 4 rings (SSSR count). The van der Waals surface area contributed by atoms with Crippen molar-refractivity contribution in [2.24, 2.45) is 0 Å². The van der Waals surface area contributed by atoms with Crippen LogP contribution in [0.4, 0.5) is 5.82 Å². The Morgan fingerprint density at radius 3 is 2.46 bits per heavy atom. The number of anilines is 1. The molecule has 1 saturated carbocycles. The van der Waals surface area contributed by atoms with Crippen molar-refractivity contribution in [1.29, 1.82) is 0 Å². The Morgan fingerprint density at radius 2 is 1.84 bits per heavy atom. The first-order chi connectivity index (χ1) is 17.7. The fourth-order valence-corrected chi connectivity index (χ4v) is 5.79. The molecule has 0 amide bonds. The van der Waals surface area contributed by atoms with E-state index in [-0.39, 0.29) is 6.10 Å². The van der Waals surface area contributed by atoms with Crippen molar-refractivity contribution in [2.75, 3.05) is 12.0 Å². The molecule has 3 aromatic rings. The number of carbonyl (C=O) groups is 1. The average molecular weight is 543 g/mol. The molecule has 8 nitrogen and oxygen atoms in total. The number of benzene rings is 1. The number of aliphatic carboxylic acids is 1. The maximum atomic E-state index is 11.5. The van der Waals surface area contributed by atoms with Gasteiger partial charge in [-0.05, 0) is 64.2 Å². The van der Waals surface area contributed by atoms with E-state index in [9.17, 15) is 9.90 Å². The van der Waals surface area contributed by atoms with Crippen molar-refractivity contribution in [1.82, 2.24) is 15.0 Å². The van der Waals surface area contributed by atoms with E-state index in [1.807, 2.05) is 37.3 Å². The summed E-state index contributed by atoms with van der Waals surface area (Å²) in [5.74, 6) is 0.513. The maximum absolute atomic E-state index is 11.5. The van der Waals surface area contributed by atoms with Crippen LogP contribution in [0.15, 0.2) is 46.9 Å². The minimum Gasteiger partial charge on any atom is -0.480 e. The molecule has 10 heteroatoms. The zero-order chi connectivity index (χ0) is 26.4. The lowest BCUT2D eigenvalue weighted by Gasteiger charge is -2.28. The predicted octanol–water partition coefficient (Wildman–Crippen LogP) is 5.74. The zero-order valence-corrected chi connectivity index (χ0v) is 23.3. The first-order valence-corrected chi connectivity index (χ1v) is 14.1. The Morgan fingerprint density at radius 1 is 1.14 bits per heavy atom. The number of aryl methyl sites for hydroxylation is 1. The number of hydrogen-bond donors (Lipinski definition) is 1. The Bertz CT molecular complexity index is 1180. The quantitative estimate of drug-likeness (QED) is 0.304. The second kappa shape index (κ2) is 12.2. The molecular weight excluding hydrogens is 508 g/mol. The summed E-state index contributed by atoms with van der Waals surface area (Å²) in [7, 11) is 1.77. The lowest BCUT2D eigenvalue weighted by molar-refractivity contribution is -0.138. The lowest BCUT2D eigenvalue weighted by Crippen LogP contribution is -2.28. The molecule has 0 spiro atoms. The van der Waals surface area contributed by atoms with Gasteiger partial charge in [-0.2, -0.15) is 0 Å². The summed E-state index contributed by atoms with van der Waals surface area (Å²) >= 11 is 2.97. The smallest absolute Gasteiger partial charge is 0.319 e. The average Bonchev–Trinajstić information content (AvgIpc) is 3.29. The van der Waals surface area contributed by atoms with Gasteiger partial charge in [-0.1, -0.05) is 12.1 Å². The highest BCUT2D eigenvalue weighted by molar-refractivity contribution is 8.01. The number of ether oxygens (including phenoxy) is 2. The summed E-state index contributed by atoms with van der Waals surface area (Å²) in [4.78, 5) is 28.2. The van der Waals surface area contributed by atoms with Gasteiger partial charge in [0.15, 0.2) is 0 Å². The van der Waals surface area contributed by atoms with Crippen molar-refractivity contribution in [3.8, 4) is 5.88 Å². The van der Waals surface area contributed by atoms with Crippen molar-refractivity contribution in [3.63, 3.8) is 0 Å². The number of carboxylic acid groups (broad SMARTS) is 1. The Hall–Kier alpha value is -2.69. The van der Waals surface area contributed by atoms with Crippen LogP contribution in [-0.4, -0.2) is 50.1 Å². The van der Waals surface area contributed by atoms with E-state index in [2.05, 4.69) is 25.2 Å². The molecule has 1 fully saturated rings. The van der Waals surface area contributed by atoms with Gasteiger partial charge in [0, 0.05) is 30.0 Å². The molecule has 0 bridgehead atoms. The van der Waals surface area contributed by atoms with Crippen molar-refractivity contribution >= 4 is 34.9 Å². The van der Waals surface area contributed by atoms with Crippen LogP contribution < -0.4 is 9.64 Å². The SMILES string of the molecule is CO[C@H]1CC[C@H](Oc2cc(N(Cc3ccc(SC(C)(C)C(=O)O)cc3)Cc3csc(C)n3)ncn2)CC1. The Labute approximate surface area is 226 Å².